The number of anilines is 1. The fourth-order valence-electron chi connectivity index (χ4n) is 4.33. The highest BCUT2D eigenvalue weighted by atomic mass is 19.4. The van der Waals surface area contributed by atoms with Crippen LogP contribution in [0, 0.1) is 0 Å². The Morgan fingerprint density at radius 3 is 2.39 bits per heavy atom. The molecule has 0 unspecified atom stereocenters. The van der Waals surface area contributed by atoms with Gasteiger partial charge in [-0.1, -0.05) is 55.0 Å². The largest absolute Gasteiger partial charge is 0.471 e. The van der Waals surface area contributed by atoms with Crippen LogP contribution in [-0.4, -0.2) is 42.7 Å². The van der Waals surface area contributed by atoms with E-state index in [1.807, 2.05) is 36.4 Å². The highest BCUT2D eigenvalue weighted by Gasteiger charge is 2.42. The number of benzene rings is 2. The SMILES string of the molecule is O=C(N(C/C=C/c1ccccc1)c1ccc2c(c1)CCN(C1CCC1)CC2)C(F)(F)F. The molecule has 6 heteroatoms. The number of carbonyl (C=O) groups is 1. The van der Waals surface area contributed by atoms with Crippen LogP contribution in [0.1, 0.15) is 36.0 Å². The molecule has 0 spiro atoms. The molecule has 0 saturated heterocycles. The number of nitrogens with zero attached hydrogens (tertiary/aromatic N) is 2. The van der Waals surface area contributed by atoms with Gasteiger partial charge in [0.25, 0.3) is 0 Å². The summed E-state index contributed by atoms with van der Waals surface area (Å²) in [6, 6.07) is 15.3. The maximum Gasteiger partial charge on any atom is 0.471 e. The van der Waals surface area contributed by atoms with Crippen molar-refractivity contribution in [2.75, 3.05) is 24.5 Å². The van der Waals surface area contributed by atoms with E-state index in [0.29, 0.717) is 11.7 Å². The number of hydrogen-bond donors (Lipinski definition) is 0. The molecule has 2 aromatic rings. The molecule has 0 radical (unpaired) electrons. The smallest absolute Gasteiger partial charge is 0.301 e. The number of halogens is 3. The summed E-state index contributed by atoms with van der Waals surface area (Å²) in [5, 5.41) is 0. The maximum absolute atomic E-state index is 13.3. The van der Waals surface area contributed by atoms with Crippen LogP contribution in [0.25, 0.3) is 6.08 Å². The lowest BCUT2D eigenvalue weighted by Crippen LogP contribution is -2.41. The Labute approximate surface area is 181 Å². The molecule has 1 amide bonds. The lowest BCUT2D eigenvalue weighted by atomic mass is 9.91. The minimum atomic E-state index is -4.92. The Morgan fingerprint density at radius 1 is 1.03 bits per heavy atom. The summed E-state index contributed by atoms with van der Waals surface area (Å²) in [7, 11) is 0. The summed E-state index contributed by atoms with van der Waals surface area (Å²) in [5.74, 6) is -1.84. The first-order valence-corrected chi connectivity index (χ1v) is 10.9. The normalized spacial score (nSPS) is 17.8. The van der Waals surface area contributed by atoms with Crippen LogP contribution in [0.5, 0.6) is 0 Å². The fourth-order valence-corrected chi connectivity index (χ4v) is 4.33. The molecule has 1 fully saturated rings. The molecule has 1 aliphatic carbocycles. The Morgan fingerprint density at radius 2 is 1.74 bits per heavy atom. The van der Waals surface area contributed by atoms with E-state index in [4.69, 9.17) is 0 Å². The van der Waals surface area contributed by atoms with Crippen LogP contribution in [-0.2, 0) is 17.6 Å². The minimum Gasteiger partial charge on any atom is -0.301 e. The topological polar surface area (TPSA) is 23.6 Å². The second-order valence-corrected chi connectivity index (χ2v) is 8.30. The average Bonchev–Trinajstić information content (AvgIpc) is 2.92. The van der Waals surface area contributed by atoms with Crippen LogP contribution in [0.4, 0.5) is 18.9 Å². The zero-order valence-corrected chi connectivity index (χ0v) is 17.4. The van der Waals surface area contributed by atoms with E-state index in [9.17, 15) is 18.0 Å². The van der Waals surface area contributed by atoms with Gasteiger partial charge in [0.2, 0.25) is 0 Å². The van der Waals surface area contributed by atoms with Crippen LogP contribution < -0.4 is 4.90 Å². The molecule has 2 aliphatic rings. The highest BCUT2D eigenvalue weighted by Crippen LogP contribution is 2.30. The minimum absolute atomic E-state index is 0.139. The lowest BCUT2D eigenvalue weighted by Gasteiger charge is -2.36. The Kier molecular flexibility index (Phi) is 6.46. The van der Waals surface area contributed by atoms with Gasteiger partial charge in [0, 0.05) is 31.4 Å². The van der Waals surface area contributed by atoms with E-state index >= 15 is 0 Å². The third-order valence-corrected chi connectivity index (χ3v) is 6.31. The van der Waals surface area contributed by atoms with Crippen molar-refractivity contribution in [1.82, 2.24) is 4.90 Å². The molecular weight excluding hydrogens is 401 g/mol. The molecule has 1 heterocycles. The van der Waals surface area contributed by atoms with Gasteiger partial charge in [-0.3, -0.25) is 9.69 Å². The molecule has 0 aromatic heterocycles. The first-order valence-electron chi connectivity index (χ1n) is 10.9. The Bertz CT molecular complexity index is 936. The molecule has 1 saturated carbocycles. The van der Waals surface area contributed by atoms with Crippen molar-refractivity contribution in [3.8, 4) is 0 Å². The first kappa shape index (κ1) is 21.6. The Balaban J connectivity index is 1.54. The first-order chi connectivity index (χ1) is 14.9. The van der Waals surface area contributed by atoms with Crippen molar-refractivity contribution >= 4 is 17.7 Å². The van der Waals surface area contributed by atoms with Crippen molar-refractivity contribution in [2.24, 2.45) is 0 Å². The standard InChI is InChI=1S/C25H27F3N2O/c26-25(27,28)24(31)30(15-5-8-19-6-2-1-3-7-19)23-12-11-20-13-16-29(22-9-4-10-22)17-14-21(20)18-23/h1-3,5-8,11-12,18,22H,4,9-10,13-17H2/b8-5+. The van der Waals surface area contributed by atoms with Crippen LogP contribution in [0.3, 0.4) is 0 Å². The summed E-state index contributed by atoms with van der Waals surface area (Å²) in [6.45, 7) is 1.77. The molecule has 2 aromatic carbocycles. The monoisotopic (exact) mass is 428 g/mol. The lowest BCUT2D eigenvalue weighted by molar-refractivity contribution is -0.170. The zero-order valence-electron chi connectivity index (χ0n) is 17.4. The molecule has 164 valence electrons. The van der Waals surface area contributed by atoms with Crippen LogP contribution >= 0.6 is 0 Å². The highest BCUT2D eigenvalue weighted by molar-refractivity contribution is 5.97. The van der Waals surface area contributed by atoms with Crippen molar-refractivity contribution in [2.45, 2.75) is 44.3 Å². The van der Waals surface area contributed by atoms with Crippen molar-refractivity contribution < 1.29 is 18.0 Å². The summed E-state index contributed by atoms with van der Waals surface area (Å²) in [4.78, 5) is 15.5. The maximum atomic E-state index is 13.3. The van der Waals surface area contributed by atoms with Crippen LogP contribution in [0.15, 0.2) is 54.6 Å². The molecule has 31 heavy (non-hydrogen) atoms. The van der Waals surface area contributed by atoms with Gasteiger partial charge in [-0.25, -0.2) is 0 Å². The number of amides is 1. The second kappa shape index (κ2) is 9.27. The van der Waals surface area contributed by atoms with Crippen molar-refractivity contribution in [3.63, 3.8) is 0 Å². The van der Waals surface area contributed by atoms with E-state index in [0.717, 1.165) is 42.0 Å². The van der Waals surface area contributed by atoms with Crippen LogP contribution in [0.2, 0.25) is 0 Å². The third-order valence-electron chi connectivity index (χ3n) is 6.31. The third kappa shape index (κ3) is 5.18. The van der Waals surface area contributed by atoms with E-state index < -0.39 is 12.1 Å². The molecule has 0 atom stereocenters. The van der Waals surface area contributed by atoms with Gasteiger partial charge in [-0.15, -0.1) is 0 Å². The predicted molar refractivity (Wildman–Crippen MR) is 117 cm³/mol. The van der Waals surface area contributed by atoms with Gasteiger partial charge >= 0.3 is 12.1 Å². The number of alkyl halides is 3. The molecule has 0 N–H and O–H groups in total. The molecule has 3 nitrogen and oxygen atoms in total. The number of rotatable bonds is 5. The van der Waals surface area contributed by atoms with Gasteiger partial charge in [-0.2, -0.15) is 13.2 Å². The van der Waals surface area contributed by atoms with Crippen molar-refractivity contribution in [3.05, 3.63) is 71.3 Å². The predicted octanol–water partition coefficient (Wildman–Crippen LogP) is 5.25. The van der Waals surface area contributed by atoms with Gasteiger partial charge in [0.1, 0.15) is 0 Å². The van der Waals surface area contributed by atoms with E-state index in [1.165, 1.54) is 24.8 Å². The van der Waals surface area contributed by atoms with E-state index in [-0.39, 0.29) is 6.54 Å². The van der Waals surface area contributed by atoms with Gasteiger partial charge in [-0.05, 0) is 54.5 Å². The summed E-state index contributed by atoms with van der Waals surface area (Å²) >= 11 is 0. The molecule has 1 aliphatic heterocycles. The average molecular weight is 428 g/mol. The molecular formula is C25H27F3N2O. The second-order valence-electron chi connectivity index (χ2n) is 8.30. The number of carbonyl (C=O) groups excluding carboxylic acids is 1. The fraction of sp³-hybridized carbons (Fsp3) is 0.400. The zero-order chi connectivity index (χ0) is 21.8. The van der Waals surface area contributed by atoms with Gasteiger partial charge in [0.05, 0.1) is 0 Å². The quantitative estimate of drug-likeness (QED) is 0.650. The Hall–Kier alpha value is -2.60. The number of fused-ring (bicyclic) bond motifs is 1. The summed E-state index contributed by atoms with van der Waals surface area (Å²) in [5.41, 5.74) is 3.40. The van der Waals surface area contributed by atoms with E-state index in [1.54, 1.807) is 24.3 Å². The van der Waals surface area contributed by atoms with Gasteiger partial charge in [0.15, 0.2) is 0 Å². The molecule has 4 rings (SSSR count). The summed E-state index contributed by atoms with van der Waals surface area (Å²) < 4.78 is 39.9. The van der Waals surface area contributed by atoms with E-state index in [2.05, 4.69) is 4.90 Å². The number of hydrogen-bond acceptors (Lipinski definition) is 2. The molecule has 0 bridgehead atoms. The van der Waals surface area contributed by atoms with Crippen molar-refractivity contribution in [1.29, 1.82) is 0 Å². The summed E-state index contributed by atoms with van der Waals surface area (Å²) in [6.07, 6.45) is 3.87. The van der Waals surface area contributed by atoms with Gasteiger partial charge < -0.3 is 4.90 Å².